The number of esters is 1. The summed E-state index contributed by atoms with van der Waals surface area (Å²) < 4.78 is 6.98. The summed E-state index contributed by atoms with van der Waals surface area (Å²) in [6.45, 7) is 6.35. The topological polar surface area (TPSA) is 46.5 Å². The highest BCUT2D eigenvalue weighted by atomic mass is 32.1. The zero-order chi connectivity index (χ0) is 21.3. The quantitative estimate of drug-likeness (QED) is 0.488. The third-order valence-corrected chi connectivity index (χ3v) is 9.25. The lowest BCUT2D eigenvalue weighted by Crippen LogP contribution is -2.41. The third-order valence-electron chi connectivity index (χ3n) is 8.05. The maximum absolute atomic E-state index is 11.7. The van der Waals surface area contributed by atoms with E-state index in [0.717, 1.165) is 37.0 Å². The van der Waals surface area contributed by atoms with Gasteiger partial charge in [-0.2, -0.15) is 0 Å². The Balaban J connectivity index is 1.39. The largest absolute Gasteiger partial charge is 0.457 e. The third kappa shape index (κ3) is 4.31. The van der Waals surface area contributed by atoms with Crippen molar-refractivity contribution >= 4 is 27.4 Å². The van der Waals surface area contributed by atoms with Crippen molar-refractivity contribution in [3.63, 3.8) is 0 Å². The highest BCUT2D eigenvalue weighted by Crippen LogP contribution is 2.58. The van der Waals surface area contributed by atoms with Gasteiger partial charge in [0.15, 0.2) is 0 Å². The molecule has 2 saturated carbocycles. The molecule has 4 rings (SSSR count). The molecule has 164 valence electrons. The van der Waals surface area contributed by atoms with E-state index < -0.39 is 0 Å². The molecule has 0 bridgehead atoms. The van der Waals surface area contributed by atoms with E-state index in [-0.39, 0.29) is 18.2 Å². The van der Waals surface area contributed by atoms with Crippen LogP contribution in [0, 0.1) is 23.2 Å². The first-order valence-corrected chi connectivity index (χ1v) is 12.5. The van der Waals surface area contributed by atoms with Crippen LogP contribution in [-0.4, -0.2) is 17.2 Å². The molecule has 6 atom stereocenters. The van der Waals surface area contributed by atoms with Crippen LogP contribution in [0.15, 0.2) is 30.3 Å². The van der Waals surface area contributed by atoms with E-state index in [4.69, 9.17) is 4.74 Å². The van der Waals surface area contributed by atoms with Crippen molar-refractivity contribution in [2.45, 2.75) is 84.3 Å². The zero-order valence-corrected chi connectivity index (χ0v) is 19.4. The van der Waals surface area contributed by atoms with Crippen molar-refractivity contribution < 1.29 is 14.6 Å². The number of thiophene rings is 1. The van der Waals surface area contributed by atoms with E-state index in [1.807, 2.05) is 0 Å². The van der Waals surface area contributed by atoms with Gasteiger partial charge in [0, 0.05) is 16.5 Å². The molecule has 0 saturated heterocycles. The Hall–Kier alpha value is -1.39. The average molecular weight is 429 g/mol. The Morgan fingerprint density at radius 3 is 2.83 bits per heavy atom. The van der Waals surface area contributed by atoms with Crippen LogP contribution in [0.5, 0.6) is 0 Å². The summed E-state index contributed by atoms with van der Waals surface area (Å²) in [6, 6.07) is 10.6. The van der Waals surface area contributed by atoms with Gasteiger partial charge in [0.25, 0.3) is 0 Å². The molecule has 4 heteroatoms. The van der Waals surface area contributed by atoms with E-state index in [1.54, 1.807) is 11.3 Å². The number of hydrogen-bond acceptors (Lipinski definition) is 4. The molecule has 3 nitrogen and oxygen atoms in total. The lowest BCUT2D eigenvalue weighted by molar-refractivity contribution is -0.147. The molecule has 0 radical (unpaired) electrons. The second-order valence-electron chi connectivity index (χ2n) is 9.95. The van der Waals surface area contributed by atoms with Crippen molar-refractivity contribution in [1.82, 2.24) is 0 Å². The predicted octanol–water partition coefficient (Wildman–Crippen LogP) is 6.89. The summed E-state index contributed by atoms with van der Waals surface area (Å²) in [4.78, 5) is 12.9. The van der Waals surface area contributed by atoms with Gasteiger partial charge in [-0.05, 0) is 79.2 Å². The molecular weight excluding hydrogens is 392 g/mol. The van der Waals surface area contributed by atoms with Gasteiger partial charge in [0.1, 0.15) is 6.10 Å². The summed E-state index contributed by atoms with van der Waals surface area (Å²) in [6.07, 6.45) is 8.72. The molecule has 0 spiro atoms. The van der Waals surface area contributed by atoms with E-state index in [2.05, 4.69) is 44.2 Å². The number of benzene rings is 1. The van der Waals surface area contributed by atoms with Crippen molar-refractivity contribution in [3.8, 4) is 0 Å². The summed E-state index contributed by atoms with van der Waals surface area (Å²) in [5.41, 5.74) is 0.303. The maximum Gasteiger partial charge on any atom is 0.303 e. The maximum atomic E-state index is 11.7. The summed E-state index contributed by atoms with van der Waals surface area (Å²) in [5.74, 6) is 1.64. The summed E-state index contributed by atoms with van der Waals surface area (Å²) in [7, 11) is 0. The SMILES string of the molecule is CC(=O)OC(CCCC(C)[C@H]1CC[C@H]2[C@@H](O)CCC[C@]12C)c1cc2ccccc2s1. The molecule has 1 aromatic carbocycles. The normalized spacial score (nSPS) is 30.7. The molecule has 2 fully saturated rings. The van der Waals surface area contributed by atoms with Crippen molar-refractivity contribution in [3.05, 3.63) is 35.2 Å². The Morgan fingerprint density at radius 1 is 1.27 bits per heavy atom. The summed E-state index contributed by atoms with van der Waals surface area (Å²) in [5, 5.41) is 11.7. The number of hydrogen-bond donors (Lipinski definition) is 1. The van der Waals surface area contributed by atoms with Crippen LogP contribution in [-0.2, 0) is 9.53 Å². The molecule has 0 amide bonds. The highest BCUT2D eigenvalue weighted by molar-refractivity contribution is 7.19. The molecule has 2 aromatic rings. The number of fused-ring (bicyclic) bond motifs is 2. The Morgan fingerprint density at radius 2 is 2.07 bits per heavy atom. The minimum Gasteiger partial charge on any atom is -0.457 e. The van der Waals surface area contributed by atoms with Gasteiger partial charge in [0.2, 0.25) is 0 Å². The molecule has 1 aromatic heterocycles. The number of carbonyl (C=O) groups is 1. The molecule has 1 heterocycles. The minimum atomic E-state index is -0.201. The fourth-order valence-corrected chi connectivity index (χ4v) is 7.70. The number of aliphatic hydroxyl groups excluding tert-OH is 1. The van der Waals surface area contributed by atoms with Crippen LogP contribution in [0.1, 0.15) is 83.1 Å². The zero-order valence-electron chi connectivity index (χ0n) is 18.6. The number of carbonyl (C=O) groups excluding carboxylic acids is 1. The van der Waals surface area contributed by atoms with E-state index in [0.29, 0.717) is 23.2 Å². The first-order valence-electron chi connectivity index (χ1n) is 11.7. The molecule has 1 N–H and O–H groups in total. The molecule has 30 heavy (non-hydrogen) atoms. The second kappa shape index (κ2) is 9.00. The van der Waals surface area contributed by atoms with Crippen LogP contribution in [0.4, 0.5) is 0 Å². The van der Waals surface area contributed by atoms with Crippen molar-refractivity contribution in [2.24, 2.45) is 23.2 Å². The number of rotatable bonds is 7. The molecule has 2 aliphatic rings. The molecule has 2 unspecified atom stereocenters. The van der Waals surface area contributed by atoms with Crippen LogP contribution in [0.2, 0.25) is 0 Å². The smallest absolute Gasteiger partial charge is 0.303 e. The van der Waals surface area contributed by atoms with E-state index >= 15 is 0 Å². The first kappa shape index (κ1) is 21.8. The second-order valence-corrected chi connectivity index (χ2v) is 11.1. The standard InChI is InChI=1S/C26H36O3S/c1-17(20-13-14-21-22(28)10-7-15-26(20,21)3)8-6-11-23(29-18(2)27)25-16-19-9-4-5-12-24(19)30-25/h4-5,9,12,16-17,20-23,28H,6-8,10-11,13-15H2,1-3H3/t17?,20-,21+,22+,23?,26-/m1/s1. The van der Waals surface area contributed by atoms with Gasteiger partial charge in [-0.25, -0.2) is 0 Å². The molecule has 2 aliphatic carbocycles. The van der Waals surface area contributed by atoms with Gasteiger partial charge < -0.3 is 9.84 Å². The van der Waals surface area contributed by atoms with Crippen molar-refractivity contribution in [1.29, 1.82) is 0 Å². The Kier molecular flexibility index (Phi) is 6.55. The molecular formula is C26H36O3S. The number of ether oxygens (including phenoxy) is 1. The number of aliphatic hydroxyl groups is 1. The fourth-order valence-electron chi connectivity index (χ4n) is 6.57. The van der Waals surface area contributed by atoms with Crippen LogP contribution in [0.3, 0.4) is 0 Å². The van der Waals surface area contributed by atoms with Crippen LogP contribution >= 0.6 is 11.3 Å². The summed E-state index contributed by atoms with van der Waals surface area (Å²) >= 11 is 1.74. The van der Waals surface area contributed by atoms with E-state index in [1.165, 1.54) is 36.3 Å². The minimum absolute atomic E-state index is 0.0951. The Labute approximate surface area is 184 Å². The molecule has 0 aliphatic heterocycles. The lowest BCUT2D eigenvalue weighted by Gasteiger charge is -2.45. The van der Waals surface area contributed by atoms with Gasteiger partial charge in [-0.15, -0.1) is 11.3 Å². The highest BCUT2D eigenvalue weighted by Gasteiger charge is 2.51. The van der Waals surface area contributed by atoms with Gasteiger partial charge in [-0.3, -0.25) is 4.79 Å². The van der Waals surface area contributed by atoms with Gasteiger partial charge in [0.05, 0.1) is 6.10 Å². The lowest BCUT2D eigenvalue weighted by atomic mass is 9.61. The van der Waals surface area contributed by atoms with E-state index in [9.17, 15) is 9.90 Å². The monoisotopic (exact) mass is 428 g/mol. The predicted molar refractivity (Wildman–Crippen MR) is 124 cm³/mol. The Bertz CT molecular complexity index is 841. The average Bonchev–Trinajstić information content (AvgIpc) is 3.28. The van der Waals surface area contributed by atoms with Crippen LogP contribution < -0.4 is 0 Å². The van der Waals surface area contributed by atoms with Crippen molar-refractivity contribution in [2.75, 3.05) is 0 Å². The first-order chi connectivity index (χ1) is 14.4. The van der Waals surface area contributed by atoms with Crippen LogP contribution in [0.25, 0.3) is 10.1 Å². The van der Waals surface area contributed by atoms with Gasteiger partial charge in [-0.1, -0.05) is 44.9 Å². The fraction of sp³-hybridized carbons (Fsp3) is 0.654. The van der Waals surface area contributed by atoms with Gasteiger partial charge >= 0.3 is 5.97 Å².